The molecule has 0 bridgehead atoms. The van der Waals surface area contributed by atoms with Gasteiger partial charge in [0.25, 0.3) is 0 Å². The van der Waals surface area contributed by atoms with E-state index in [1.165, 1.54) is 5.56 Å². The number of thiophene rings is 1. The molecular formula is C13H21N3OS. The van der Waals surface area contributed by atoms with Crippen LogP contribution < -0.4 is 5.32 Å². The molecule has 0 aromatic carbocycles. The second-order valence-electron chi connectivity index (χ2n) is 5.00. The molecule has 1 aromatic rings. The average Bonchev–Trinajstić information content (AvgIpc) is 2.82. The van der Waals surface area contributed by atoms with Gasteiger partial charge in [0.2, 0.25) is 0 Å². The Balaban J connectivity index is 1.76. The molecule has 0 atom stereocenters. The van der Waals surface area contributed by atoms with Crippen molar-refractivity contribution in [3.63, 3.8) is 0 Å². The van der Waals surface area contributed by atoms with Crippen molar-refractivity contribution in [1.29, 1.82) is 0 Å². The molecule has 0 saturated carbocycles. The molecule has 18 heavy (non-hydrogen) atoms. The molecule has 100 valence electrons. The first-order chi connectivity index (χ1) is 8.65. The van der Waals surface area contributed by atoms with Gasteiger partial charge in [0, 0.05) is 38.8 Å². The Kier molecular flexibility index (Phi) is 4.60. The van der Waals surface area contributed by atoms with Crippen molar-refractivity contribution in [3.8, 4) is 0 Å². The van der Waals surface area contributed by atoms with Gasteiger partial charge in [-0.05, 0) is 36.2 Å². The number of carbonyl (C=O) groups is 1. The van der Waals surface area contributed by atoms with Crippen LogP contribution in [0.3, 0.4) is 0 Å². The standard InChI is InChI=1S/C13H21N3OS/c1-11(2)14-13(17)16-6-4-15(5-7-16)9-12-3-8-18-10-12/h3,8,10-11H,4-7,9H2,1-2H3,(H,14,17). The van der Waals surface area contributed by atoms with Gasteiger partial charge in [0.1, 0.15) is 0 Å². The van der Waals surface area contributed by atoms with Crippen LogP contribution in [0.5, 0.6) is 0 Å². The van der Waals surface area contributed by atoms with Crippen LogP contribution in [0.25, 0.3) is 0 Å². The summed E-state index contributed by atoms with van der Waals surface area (Å²) in [5.41, 5.74) is 1.38. The number of nitrogens with zero attached hydrogens (tertiary/aromatic N) is 2. The first kappa shape index (κ1) is 13.4. The fourth-order valence-electron chi connectivity index (χ4n) is 2.09. The molecule has 4 nitrogen and oxygen atoms in total. The fourth-order valence-corrected chi connectivity index (χ4v) is 2.75. The van der Waals surface area contributed by atoms with E-state index in [-0.39, 0.29) is 12.1 Å². The highest BCUT2D eigenvalue weighted by atomic mass is 32.1. The van der Waals surface area contributed by atoms with Gasteiger partial charge in [-0.3, -0.25) is 4.90 Å². The van der Waals surface area contributed by atoms with Gasteiger partial charge in [-0.15, -0.1) is 0 Å². The zero-order chi connectivity index (χ0) is 13.0. The molecule has 1 N–H and O–H groups in total. The van der Waals surface area contributed by atoms with Crippen molar-refractivity contribution in [2.75, 3.05) is 26.2 Å². The van der Waals surface area contributed by atoms with Crippen LogP contribution in [0.15, 0.2) is 16.8 Å². The van der Waals surface area contributed by atoms with Crippen molar-refractivity contribution >= 4 is 17.4 Å². The summed E-state index contributed by atoms with van der Waals surface area (Å²) in [6.45, 7) is 8.55. The molecule has 5 heteroatoms. The quantitative estimate of drug-likeness (QED) is 0.909. The largest absolute Gasteiger partial charge is 0.336 e. The molecule has 1 aromatic heterocycles. The number of carbonyl (C=O) groups excluding carboxylic acids is 1. The van der Waals surface area contributed by atoms with E-state index >= 15 is 0 Å². The maximum atomic E-state index is 11.8. The third kappa shape index (κ3) is 3.71. The van der Waals surface area contributed by atoms with Crippen molar-refractivity contribution in [2.24, 2.45) is 0 Å². The minimum absolute atomic E-state index is 0.0696. The van der Waals surface area contributed by atoms with Crippen LogP contribution >= 0.6 is 11.3 Å². The average molecular weight is 267 g/mol. The first-order valence-electron chi connectivity index (χ1n) is 6.44. The molecule has 2 amide bonds. The summed E-state index contributed by atoms with van der Waals surface area (Å²) in [4.78, 5) is 16.1. The minimum Gasteiger partial charge on any atom is -0.336 e. The van der Waals surface area contributed by atoms with E-state index < -0.39 is 0 Å². The molecule has 1 fully saturated rings. The monoisotopic (exact) mass is 267 g/mol. The highest BCUT2D eigenvalue weighted by molar-refractivity contribution is 7.07. The van der Waals surface area contributed by atoms with Gasteiger partial charge in [-0.2, -0.15) is 11.3 Å². The predicted octanol–water partition coefficient (Wildman–Crippen LogP) is 1.98. The summed E-state index contributed by atoms with van der Waals surface area (Å²) < 4.78 is 0. The Morgan fingerprint density at radius 2 is 2.11 bits per heavy atom. The van der Waals surface area contributed by atoms with E-state index in [0.717, 1.165) is 32.7 Å². The van der Waals surface area contributed by atoms with Crippen molar-refractivity contribution in [2.45, 2.75) is 26.4 Å². The molecule has 2 rings (SSSR count). The van der Waals surface area contributed by atoms with Crippen molar-refractivity contribution in [1.82, 2.24) is 15.1 Å². The molecule has 1 aliphatic rings. The minimum atomic E-state index is 0.0696. The lowest BCUT2D eigenvalue weighted by molar-refractivity contribution is 0.134. The highest BCUT2D eigenvalue weighted by Gasteiger charge is 2.21. The van der Waals surface area contributed by atoms with Crippen LogP contribution in [0, 0.1) is 0 Å². The normalized spacial score (nSPS) is 17.2. The zero-order valence-corrected chi connectivity index (χ0v) is 11.9. The van der Waals surface area contributed by atoms with E-state index in [9.17, 15) is 4.79 Å². The van der Waals surface area contributed by atoms with Crippen LogP contribution in [-0.4, -0.2) is 48.1 Å². The van der Waals surface area contributed by atoms with Crippen LogP contribution in [0.4, 0.5) is 4.79 Å². The summed E-state index contributed by atoms with van der Waals surface area (Å²) in [5, 5.41) is 7.25. The Morgan fingerprint density at radius 3 is 2.67 bits per heavy atom. The van der Waals surface area contributed by atoms with Gasteiger partial charge in [-0.25, -0.2) is 4.79 Å². The molecule has 0 unspecified atom stereocenters. The SMILES string of the molecule is CC(C)NC(=O)N1CCN(Cc2ccsc2)CC1. The van der Waals surface area contributed by atoms with E-state index in [1.54, 1.807) is 11.3 Å². The number of hydrogen-bond donors (Lipinski definition) is 1. The van der Waals surface area contributed by atoms with Gasteiger partial charge < -0.3 is 10.2 Å². The van der Waals surface area contributed by atoms with Gasteiger partial charge >= 0.3 is 6.03 Å². The van der Waals surface area contributed by atoms with E-state index in [1.807, 2.05) is 18.7 Å². The Hall–Kier alpha value is -1.07. The molecule has 0 aliphatic carbocycles. The second-order valence-corrected chi connectivity index (χ2v) is 5.78. The smallest absolute Gasteiger partial charge is 0.317 e. The van der Waals surface area contributed by atoms with E-state index in [4.69, 9.17) is 0 Å². The number of urea groups is 1. The number of rotatable bonds is 3. The summed E-state index contributed by atoms with van der Waals surface area (Å²) in [6.07, 6.45) is 0. The lowest BCUT2D eigenvalue weighted by Crippen LogP contribution is -2.52. The van der Waals surface area contributed by atoms with Gasteiger partial charge in [0.15, 0.2) is 0 Å². The predicted molar refractivity (Wildman–Crippen MR) is 74.8 cm³/mol. The Labute approximate surface area is 113 Å². The molecule has 0 spiro atoms. The number of piperazine rings is 1. The summed E-state index contributed by atoms with van der Waals surface area (Å²) in [7, 11) is 0. The van der Waals surface area contributed by atoms with Gasteiger partial charge in [-0.1, -0.05) is 0 Å². The van der Waals surface area contributed by atoms with Crippen LogP contribution in [-0.2, 0) is 6.54 Å². The number of amides is 2. The molecular weight excluding hydrogens is 246 g/mol. The van der Waals surface area contributed by atoms with Crippen LogP contribution in [0.1, 0.15) is 19.4 Å². The zero-order valence-electron chi connectivity index (χ0n) is 11.1. The highest BCUT2D eigenvalue weighted by Crippen LogP contribution is 2.11. The lowest BCUT2D eigenvalue weighted by atomic mass is 10.2. The van der Waals surface area contributed by atoms with Crippen molar-refractivity contribution in [3.05, 3.63) is 22.4 Å². The summed E-state index contributed by atoms with van der Waals surface area (Å²) in [5.74, 6) is 0. The summed E-state index contributed by atoms with van der Waals surface area (Å²) >= 11 is 1.74. The number of hydrogen-bond acceptors (Lipinski definition) is 3. The Morgan fingerprint density at radius 1 is 1.39 bits per heavy atom. The second kappa shape index (κ2) is 6.20. The van der Waals surface area contributed by atoms with E-state index in [0.29, 0.717) is 0 Å². The fraction of sp³-hybridized carbons (Fsp3) is 0.615. The maximum absolute atomic E-state index is 11.8. The number of nitrogens with one attached hydrogen (secondary N) is 1. The van der Waals surface area contributed by atoms with E-state index in [2.05, 4.69) is 27.0 Å². The molecule has 1 aliphatic heterocycles. The molecule has 0 radical (unpaired) electrons. The molecule has 2 heterocycles. The van der Waals surface area contributed by atoms with Gasteiger partial charge in [0.05, 0.1) is 0 Å². The topological polar surface area (TPSA) is 35.6 Å². The maximum Gasteiger partial charge on any atom is 0.317 e. The Bertz CT molecular complexity index is 370. The molecule has 1 saturated heterocycles. The van der Waals surface area contributed by atoms with Crippen LogP contribution in [0.2, 0.25) is 0 Å². The third-order valence-electron chi connectivity index (χ3n) is 3.06. The summed E-state index contributed by atoms with van der Waals surface area (Å²) in [6, 6.07) is 2.45. The first-order valence-corrected chi connectivity index (χ1v) is 7.38. The van der Waals surface area contributed by atoms with Crippen molar-refractivity contribution < 1.29 is 4.79 Å². The third-order valence-corrected chi connectivity index (χ3v) is 3.79. The lowest BCUT2D eigenvalue weighted by Gasteiger charge is -2.34.